The first-order chi connectivity index (χ1) is 21.8. The van der Waals surface area contributed by atoms with Crippen LogP contribution >= 0.6 is 0 Å². The minimum absolute atomic E-state index is 0.0976. The molecule has 0 saturated carbocycles. The molecule has 4 aromatic rings. The van der Waals surface area contributed by atoms with Crippen LogP contribution in [0.1, 0.15) is 92.6 Å². The highest BCUT2D eigenvalue weighted by Gasteiger charge is 2.37. The first kappa shape index (κ1) is 36.9. The lowest BCUT2D eigenvalue weighted by Gasteiger charge is -2.36. The zero-order valence-corrected chi connectivity index (χ0v) is 31.8. The van der Waals surface area contributed by atoms with E-state index in [1.165, 1.54) is 0 Å². The molecule has 0 unspecified atom stereocenters. The molecule has 256 valence electrons. The van der Waals surface area contributed by atoms with Crippen molar-refractivity contribution in [2.75, 3.05) is 6.61 Å². The molecule has 0 aliphatic carbocycles. The molecule has 2 N–H and O–H groups in total. The Bertz CT molecular complexity index is 1700. The summed E-state index contributed by atoms with van der Waals surface area (Å²) < 4.78 is 30.4. The summed E-state index contributed by atoms with van der Waals surface area (Å²) >= 11 is 0. The van der Waals surface area contributed by atoms with Gasteiger partial charge in [-0.05, 0) is 95.6 Å². The number of rotatable bonds is 13. The lowest BCUT2D eigenvalue weighted by Crippen LogP contribution is -2.40. The number of hydrogen-bond acceptors (Lipinski definition) is 7. The Hall–Kier alpha value is -2.96. The number of fused-ring (bicyclic) bond motifs is 1. The first-order valence-electron chi connectivity index (χ1n) is 16.4. The summed E-state index contributed by atoms with van der Waals surface area (Å²) in [5.41, 5.74) is 3.01. The fourth-order valence-electron chi connectivity index (χ4n) is 4.60. The van der Waals surface area contributed by atoms with E-state index in [1.807, 2.05) is 74.0 Å². The predicted octanol–water partition coefficient (Wildman–Crippen LogP) is 8.05. The Morgan fingerprint density at radius 3 is 2.34 bits per heavy atom. The zero-order chi connectivity index (χ0) is 34.8. The van der Waals surface area contributed by atoms with Crippen LogP contribution in [0.15, 0.2) is 54.7 Å². The molecule has 0 aliphatic rings. The van der Waals surface area contributed by atoms with Gasteiger partial charge in [0.2, 0.25) is 0 Å². The summed E-state index contributed by atoms with van der Waals surface area (Å²) in [4.78, 5) is 10.00. The van der Waals surface area contributed by atoms with Gasteiger partial charge in [-0.3, -0.25) is 4.98 Å². The van der Waals surface area contributed by atoms with Crippen LogP contribution in [0.2, 0.25) is 18.1 Å². The van der Waals surface area contributed by atoms with Gasteiger partial charge in [-0.25, -0.2) is 18.6 Å². The Labute approximate surface area is 284 Å². The van der Waals surface area contributed by atoms with Crippen molar-refractivity contribution < 1.29 is 18.5 Å². The van der Waals surface area contributed by atoms with Crippen LogP contribution in [0.5, 0.6) is 5.75 Å². The van der Waals surface area contributed by atoms with E-state index in [4.69, 9.17) is 24.2 Å². The number of nitrogens with zero attached hydrogens (tertiary/aromatic N) is 4. The first-order valence-corrected chi connectivity index (χ1v) is 20.5. The van der Waals surface area contributed by atoms with E-state index < -0.39 is 29.7 Å². The maximum atomic E-state index is 13.0. The quantitative estimate of drug-likeness (QED) is 0.138. The normalized spacial score (nSPS) is 14.4. The standard InChI is InChI=1S/C36H53N5O4SSi/c1-12-15-30(40-46(43)34(2,3)4)29-18-14-17-28(39-29)25-20-31-27(32(21-25)44-24-36(8,9)42)22-37-41(31)33-19-13-16-26(38-33)23-45-47(10,11)35(5,6)7/h13-14,16-22,30,40,42H,12,15,23-24H2,1-11H3/t30-,46+/m0/s1. The molecule has 0 spiro atoms. The molecule has 1 aromatic carbocycles. The summed E-state index contributed by atoms with van der Waals surface area (Å²) in [5, 5.41) is 16.1. The number of hydrogen-bond donors (Lipinski definition) is 2. The lowest BCUT2D eigenvalue weighted by molar-refractivity contribution is 0.0290. The fraction of sp³-hybridized carbons (Fsp3) is 0.528. The number of aliphatic hydroxyl groups is 1. The SMILES string of the molecule is CCC[C@H](N[S@](=O)C(C)(C)C)c1cccc(-c2cc(OCC(C)(C)O)c3cnn(-c4cccc(CO[Si](C)(C)C(C)(C)C)n4)c3c2)n1. The third kappa shape index (κ3) is 9.35. The van der Waals surface area contributed by atoms with Gasteiger partial charge >= 0.3 is 0 Å². The van der Waals surface area contributed by atoms with Gasteiger partial charge in [-0.1, -0.05) is 46.2 Å². The predicted molar refractivity (Wildman–Crippen MR) is 195 cm³/mol. The number of nitrogens with one attached hydrogen (secondary N) is 1. The van der Waals surface area contributed by atoms with Gasteiger partial charge in [0.25, 0.3) is 0 Å². The van der Waals surface area contributed by atoms with Crippen molar-refractivity contribution in [3.63, 3.8) is 0 Å². The van der Waals surface area contributed by atoms with E-state index in [-0.39, 0.29) is 17.7 Å². The van der Waals surface area contributed by atoms with Crippen molar-refractivity contribution in [1.29, 1.82) is 0 Å². The Kier molecular flexibility index (Phi) is 11.2. The number of benzene rings is 1. The van der Waals surface area contributed by atoms with Crippen LogP contribution in [0.25, 0.3) is 28.0 Å². The summed E-state index contributed by atoms with van der Waals surface area (Å²) in [6.45, 7) is 23.1. The van der Waals surface area contributed by atoms with Crippen molar-refractivity contribution in [3.8, 4) is 22.8 Å². The van der Waals surface area contributed by atoms with Gasteiger partial charge in [-0.15, -0.1) is 0 Å². The molecule has 4 rings (SSSR count). The summed E-state index contributed by atoms with van der Waals surface area (Å²) in [6, 6.07) is 15.6. The Morgan fingerprint density at radius 1 is 1.00 bits per heavy atom. The molecular weight excluding hydrogens is 627 g/mol. The molecule has 9 nitrogen and oxygen atoms in total. The number of ether oxygens (including phenoxy) is 1. The molecule has 0 fully saturated rings. The molecule has 0 aliphatic heterocycles. The minimum Gasteiger partial charge on any atom is -0.490 e. The molecule has 2 atom stereocenters. The molecule has 0 amide bonds. The third-order valence-electron chi connectivity index (χ3n) is 8.43. The molecule has 3 aromatic heterocycles. The zero-order valence-electron chi connectivity index (χ0n) is 30.0. The highest BCUT2D eigenvalue weighted by atomic mass is 32.2. The Morgan fingerprint density at radius 2 is 1.70 bits per heavy atom. The van der Waals surface area contributed by atoms with Crippen molar-refractivity contribution >= 4 is 30.2 Å². The van der Waals surface area contributed by atoms with Crippen molar-refractivity contribution in [2.24, 2.45) is 0 Å². The van der Waals surface area contributed by atoms with Gasteiger partial charge in [0.1, 0.15) is 12.4 Å². The molecule has 47 heavy (non-hydrogen) atoms. The monoisotopic (exact) mass is 679 g/mol. The summed E-state index contributed by atoms with van der Waals surface area (Å²) in [7, 11) is -3.20. The average molecular weight is 680 g/mol. The van der Waals surface area contributed by atoms with Gasteiger partial charge in [0.15, 0.2) is 14.1 Å². The van der Waals surface area contributed by atoms with Crippen LogP contribution in [0, 0.1) is 0 Å². The Balaban J connectivity index is 1.78. The van der Waals surface area contributed by atoms with Crippen molar-refractivity contribution in [1.82, 2.24) is 24.5 Å². The summed E-state index contributed by atoms with van der Waals surface area (Å²) in [6.07, 6.45) is 3.48. The number of pyridine rings is 2. The van der Waals surface area contributed by atoms with E-state index in [1.54, 1.807) is 20.0 Å². The molecule has 0 saturated heterocycles. The highest BCUT2D eigenvalue weighted by molar-refractivity contribution is 7.84. The second-order valence-electron chi connectivity index (χ2n) is 15.4. The molecular formula is C36H53N5O4SSi. The fourth-order valence-corrected chi connectivity index (χ4v) is 6.40. The van der Waals surface area contributed by atoms with E-state index in [0.29, 0.717) is 18.2 Å². The molecule has 11 heteroatoms. The van der Waals surface area contributed by atoms with Crippen LogP contribution in [-0.2, 0) is 22.0 Å². The van der Waals surface area contributed by atoms with Crippen molar-refractivity contribution in [3.05, 3.63) is 66.1 Å². The highest BCUT2D eigenvalue weighted by Crippen LogP contribution is 2.37. The summed E-state index contributed by atoms with van der Waals surface area (Å²) in [5.74, 6) is 1.26. The maximum absolute atomic E-state index is 13.0. The van der Waals surface area contributed by atoms with Crippen molar-refractivity contribution in [2.45, 2.75) is 116 Å². The maximum Gasteiger partial charge on any atom is 0.192 e. The molecule has 3 heterocycles. The van der Waals surface area contributed by atoms with Gasteiger partial charge in [-0.2, -0.15) is 5.10 Å². The smallest absolute Gasteiger partial charge is 0.192 e. The van der Waals surface area contributed by atoms with Gasteiger partial charge in [0, 0.05) is 5.56 Å². The topological polar surface area (TPSA) is 111 Å². The number of aromatic nitrogens is 4. The van der Waals surface area contributed by atoms with Crippen LogP contribution in [0.4, 0.5) is 0 Å². The van der Waals surface area contributed by atoms with E-state index in [9.17, 15) is 9.32 Å². The molecule has 0 radical (unpaired) electrons. The van der Waals surface area contributed by atoms with Gasteiger partial charge in [0.05, 0.1) is 68.2 Å². The van der Waals surface area contributed by atoms with E-state index in [0.717, 1.165) is 46.4 Å². The van der Waals surface area contributed by atoms with Gasteiger partial charge < -0.3 is 14.3 Å². The average Bonchev–Trinajstić information content (AvgIpc) is 3.42. The van der Waals surface area contributed by atoms with E-state index >= 15 is 0 Å². The van der Waals surface area contributed by atoms with Crippen LogP contribution < -0.4 is 9.46 Å². The second-order valence-corrected chi connectivity index (χ2v) is 22.2. The second kappa shape index (κ2) is 14.3. The molecule has 0 bridgehead atoms. The lowest BCUT2D eigenvalue weighted by atomic mass is 10.0. The largest absolute Gasteiger partial charge is 0.490 e. The van der Waals surface area contributed by atoms with Crippen LogP contribution in [0.3, 0.4) is 0 Å². The minimum atomic E-state index is -1.96. The van der Waals surface area contributed by atoms with Crippen LogP contribution in [-0.4, -0.2) is 54.3 Å². The van der Waals surface area contributed by atoms with E-state index in [2.05, 4.69) is 45.5 Å². The third-order valence-corrected chi connectivity index (χ3v) is 14.5.